The summed E-state index contributed by atoms with van der Waals surface area (Å²) in [5.41, 5.74) is 1.36. The number of carbonyl (C=O) groups is 1. The van der Waals surface area contributed by atoms with Crippen LogP contribution in [0.3, 0.4) is 0 Å². The van der Waals surface area contributed by atoms with Gasteiger partial charge in [0.25, 0.3) is 5.69 Å². The SMILES string of the molecule is CC(=O)Oc1cc(/C=C/c2cc3c(cc2[N+](=O)[O-])OCO3)nc2ccccc12. The second-order valence-electron chi connectivity index (χ2n) is 6.01. The lowest BCUT2D eigenvalue weighted by atomic mass is 10.1. The summed E-state index contributed by atoms with van der Waals surface area (Å²) >= 11 is 0. The fraction of sp³-hybridized carbons (Fsp3) is 0.100. The zero-order valence-electron chi connectivity index (χ0n) is 14.7. The van der Waals surface area contributed by atoms with Gasteiger partial charge in [0.1, 0.15) is 5.75 Å². The number of hydrogen-bond acceptors (Lipinski definition) is 7. The Morgan fingerprint density at radius 2 is 1.93 bits per heavy atom. The molecule has 0 amide bonds. The molecule has 8 heteroatoms. The Balaban J connectivity index is 1.77. The second-order valence-corrected chi connectivity index (χ2v) is 6.01. The molecule has 1 aliphatic heterocycles. The van der Waals surface area contributed by atoms with Crippen LogP contribution in [-0.4, -0.2) is 22.7 Å². The number of aromatic nitrogens is 1. The average Bonchev–Trinajstić information content (AvgIpc) is 3.12. The number of carbonyl (C=O) groups excluding carboxylic acids is 1. The number of benzene rings is 2. The van der Waals surface area contributed by atoms with Crippen molar-refractivity contribution < 1.29 is 23.9 Å². The highest BCUT2D eigenvalue weighted by atomic mass is 16.7. The summed E-state index contributed by atoms with van der Waals surface area (Å²) in [5, 5.41) is 12.1. The van der Waals surface area contributed by atoms with E-state index in [9.17, 15) is 14.9 Å². The number of ether oxygens (including phenoxy) is 3. The number of nitro groups is 1. The van der Waals surface area contributed by atoms with Crippen molar-refractivity contribution in [3.8, 4) is 17.2 Å². The molecule has 0 spiro atoms. The third kappa shape index (κ3) is 3.35. The number of nitro benzene ring substituents is 1. The van der Waals surface area contributed by atoms with Gasteiger partial charge in [0.2, 0.25) is 6.79 Å². The van der Waals surface area contributed by atoms with Crippen molar-refractivity contribution in [2.24, 2.45) is 0 Å². The van der Waals surface area contributed by atoms with E-state index >= 15 is 0 Å². The Bertz CT molecular complexity index is 1140. The molecule has 0 radical (unpaired) electrons. The van der Waals surface area contributed by atoms with E-state index < -0.39 is 10.9 Å². The first-order valence-corrected chi connectivity index (χ1v) is 8.35. The smallest absolute Gasteiger partial charge is 0.308 e. The molecular formula is C20H14N2O6. The van der Waals surface area contributed by atoms with Crippen LogP contribution in [0.4, 0.5) is 5.69 Å². The Kier molecular flexibility index (Phi) is 4.36. The highest BCUT2D eigenvalue weighted by molar-refractivity contribution is 5.89. The van der Waals surface area contributed by atoms with E-state index in [0.717, 1.165) is 0 Å². The largest absolute Gasteiger partial charge is 0.454 e. The van der Waals surface area contributed by atoms with Gasteiger partial charge in [-0.1, -0.05) is 12.1 Å². The molecule has 0 N–H and O–H groups in total. The lowest BCUT2D eigenvalue weighted by Crippen LogP contribution is -2.02. The minimum atomic E-state index is -0.486. The van der Waals surface area contributed by atoms with Crippen molar-refractivity contribution in [1.29, 1.82) is 0 Å². The molecule has 0 unspecified atom stereocenters. The van der Waals surface area contributed by atoms with Gasteiger partial charge in [-0.05, 0) is 30.4 Å². The molecule has 1 aliphatic rings. The van der Waals surface area contributed by atoms with Crippen LogP contribution in [0.15, 0.2) is 42.5 Å². The van der Waals surface area contributed by atoms with Gasteiger partial charge < -0.3 is 14.2 Å². The number of pyridine rings is 1. The Hall–Kier alpha value is -3.94. The predicted octanol–water partition coefficient (Wildman–Crippen LogP) is 3.97. The van der Waals surface area contributed by atoms with Crippen LogP contribution < -0.4 is 14.2 Å². The van der Waals surface area contributed by atoms with Crippen LogP contribution in [-0.2, 0) is 4.79 Å². The van der Waals surface area contributed by atoms with Gasteiger partial charge in [-0.15, -0.1) is 0 Å². The zero-order chi connectivity index (χ0) is 19.7. The number of fused-ring (bicyclic) bond motifs is 2. The van der Waals surface area contributed by atoms with E-state index in [1.54, 1.807) is 36.4 Å². The summed E-state index contributed by atoms with van der Waals surface area (Å²) in [6.45, 7) is 1.35. The van der Waals surface area contributed by atoms with E-state index in [0.29, 0.717) is 39.4 Å². The molecule has 8 nitrogen and oxygen atoms in total. The summed E-state index contributed by atoms with van der Waals surface area (Å²) in [7, 11) is 0. The first-order valence-electron chi connectivity index (χ1n) is 8.35. The predicted molar refractivity (Wildman–Crippen MR) is 101 cm³/mol. The monoisotopic (exact) mass is 378 g/mol. The molecule has 1 aromatic heterocycles. The Morgan fingerprint density at radius 1 is 1.18 bits per heavy atom. The van der Waals surface area contributed by atoms with E-state index in [-0.39, 0.29) is 12.5 Å². The molecule has 2 aromatic carbocycles. The van der Waals surface area contributed by atoms with Crippen LogP contribution in [0.5, 0.6) is 17.2 Å². The lowest BCUT2D eigenvalue weighted by Gasteiger charge is -2.07. The number of hydrogen-bond donors (Lipinski definition) is 0. The van der Waals surface area contributed by atoms with Crippen LogP contribution >= 0.6 is 0 Å². The maximum atomic E-state index is 11.4. The summed E-state index contributed by atoms with van der Waals surface area (Å²) in [6, 6.07) is 11.7. The van der Waals surface area contributed by atoms with Crippen molar-refractivity contribution in [1.82, 2.24) is 4.98 Å². The molecule has 0 aliphatic carbocycles. The van der Waals surface area contributed by atoms with E-state index in [4.69, 9.17) is 14.2 Å². The van der Waals surface area contributed by atoms with Crippen LogP contribution in [0, 0.1) is 10.1 Å². The van der Waals surface area contributed by atoms with Gasteiger partial charge in [0.05, 0.1) is 27.8 Å². The normalized spacial score (nSPS) is 12.5. The van der Waals surface area contributed by atoms with Crippen LogP contribution in [0.1, 0.15) is 18.2 Å². The van der Waals surface area contributed by atoms with E-state index in [1.165, 1.54) is 13.0 Å². The molecule has 140 valence electrons. The molecular weight excluding hydrogens is 364 g/mol. The molecule has 0 saturated carbocycles. The third-order valence-electron chi connectivity index (χ3n) is 4.10. The molecule has 0 bridgehead atoms. The summed E-state index contributed by atoms with van der Waals surface area (Å²) in [6.07, 6.45) is 3.18. The minimum absolute atomic E-state index is 0.0254. The first kappa shape index (κ1) is 17.5. The fourth-order valence-electron chi connectivity index (χ4n) is 2.90. The molecule has 3 aromatic rings. The third-order valence-corrected chi connectivity index (χ3v) is 4.10. The van der Waals surface area contributed by atoms with Crippen LogP contribution in [0.25, 0.3) is 23.1 Å². The zero-order valence-corrected chi connectivity index (χ0v) is 14.7. The highest BCUT2D eigenvalue weighted by Gasteiger charge is 2.22. The number of rotatable bonds is 4. The highest BCUT2D eigenvalue weighted by Crippen LogP contribution is 2.38. The van der Waals surface area contributed by atoms with Gasteiger partial charge in [-0.3, -0.25) is 14.9 Å². The summed E-state index contributed by atoms with van der Waals surface area (Å²) in [4.78, 5) is 26.8. The van der Waals surface area contributed by atoms with E-state index in [1.807, 2.05) is 12.1 Å². The Labute approximate surface area is 159 Å². The van der Waals surface area contributed by atoms with E-state index in [2.05, 4.69) is 4.98 Å². The van der Waals surface area contributed by atoms with Crippen molar-refractivity contribution in [2.45, 2.75) is 6.92 Å². The number of esters is 1. The van der Waals surface area contributed by atoms with Gasteiger partial charge in [-0.25, -0.2) is 4.98 Å². The standard InChI is InChI=1S/C20H14N2O6/c1-12(23)28-18-9-14(21-16-5-3-2-4-15(16)18)7-6-13-8-19-20(27-11-26-19)10-17(13)22(24)25/h2-10H,11H2,1H3/b7-6+. The number of para-hydroxylation sites is 1. The molecule has 28 heavy (non-hydrogen) atoms. The van der Waals surface area contributed by atoms with Gasteiger partial charge in [0, 0.05) is 18.4 Å². The van der Waals surface area contributed by atoms with Crippen molar-refractivity contribution in [3.63, 3.8) is 0 Å². The van der Waals surface area contributed by atoms with Gasteiger partial charge in [-0.2, -0.15) is 0 Å². The Morgan fingerprint density at radius 3 is 2.68 bits per heavy atom. The van der Waals surface area contributed by atoms with Gasteiger partial charge >= 0.3 is 5.97 Å². The van der Waals surface area contributed by atoms with Crippen molar-refractivity contribution >= 4 is 34.7 Å². The quantitative estimate of drug-likeness (QED) is 0.385. The maximum absolute atomic E-state index is 11.4. The topological polar surface area (TPSA) is 101 Å². The maximum Gasteiger partial charge on any atom is 0.308 e. The number of nitrogens with zero attached hydrogens (tertiary/aromatic N) is 2. The van der Waals surface area contributed by atoms with Crippen LogP contribution in [0.2, 0.25) is 0 Å². The summed E-state index contributed by atoms with van der Waals surface area (Å²) < 4.78 is 15.8. The van der Waals surface area contributed by atoms with Crippen molar-refractivity contribution in [3.05, 3.63) is 63.8 Å². The lowest BCUT2D eigenvalue weighted by molar-refractivity contribution is -0.385. The fourth-order valence-corrected chi connectivity index (χ4v) is 2.90. The van der Waals surface area contributed by atoms with Gasteiger partial charge in [0.15, 0.2) is 11.5 Å². The second kappa shape index (κ2) is 6.99. The minimum Gasteiger partial charge on any atom is -0.454 e. The first-order chi connectivity index (χ1) is 13.5. The molecule has 2 heterocycles. The summed E-state index contributed by atoms with van der Waals surface area (Å²) in [5.74, 6) is 0.706. The average molecular weight is 378 g/mol. The molecule has 0 atom stereocenters. The molecule has 4 rings (SSSR count). The molecule has 0 fully saturated rings. The molecule has 0 saturated heterocycles. The van der Waals surface area contributed by atoms with Crippen molar-refractivity contribution in [2.75, 3.05) is 6.79 Å².